The highest BCUT2D eigenvalue weighted by Crippen LogP contribution is 2.23. The largest absolute Gasteiger partial charge is 0.391 e. The molecule has 0 spiro atoms. The van der Waals surface area contributed by atoms with Crippen LogP contribution in [0.1, 0.15) is 13.3 Å². The lowest BCUT2D eigenvalue weighted by atomic mass is 10.0. The molecule has 0 aromatic rings. The molecule has 0 saturated heterocycles. The molecule has 0 aliphatic heterocycles. The van der Waals surface area contributed by atoms with Crippen LogP contribution in [0.4, 0.5) is 0 Å². The fourth-order valence-electron chi connectivity index (χ4n) is 0.418. The average molecular weight is 148 g/mol. The summed E-state index contributed by atoms with van der Waals surface area (Å²) in [7, 11) is 0. The first-order valence-corrected chi connectivity index (χ1v) is 3.19. The second-order valence-electron chi connectivity index (χ2n) is 2.29. The minimum absolute atomic E-state index is 0.569. The predicted octanol–water partition coefficient (Wildman–Crippen LogP) is 1.75. The molecule has 0 bridgehead atoms. The molecule has 53 valence electrons. The molecule has 0 aromatic carbocycles. The van der Waals surface area contributed by atoms with Crippen LogP contribution < -0.4 is 0 Å². The van der Waals surface area contributed by atoms with Gasteiger partial charge in [0, 0.05) is 0 Å². The molecule has 9 heavy (non-hydrogen) atoms. The molecule has 0 aromatic heterocycles. The third-order valence-corrected chi connectivity index (χ3v) is 1.64. The van der Waals surface area contributed by atoms with Crippen LogP contribution in [-0.4, -0.2) is 16.1 Å². The van der Waals surface area contributed by atoms with E-state index >= 15 is 0 Å². The van der Waals surface area contributed by atoms with Gasteiger partial charge in [0.15, 0.2) is 0 Å². The van der Waals surface area contributed by atoms with E-state index in [4.69, 9.17) is 16.7 Å². The highest BCUT2D eigenvalue weighted by atomic mass is 35.5. The maximum Gasteiger partial charge on any atom is 0.0733 e. The first-order chi connectivity index (χ1) is 4.00. The molecule has 0 heterocycles. The summed E-state index contributed by atoms with van der Waals surface area (Å²) >= 11 is 5.79. The van der Waals surface area contributed by atoms with Gasteiger partial charge in [-0.3, -0.25) is 0 Å². The Morgan fingerprint density at radius 3 is 2.44 bits per heavy atom. The van der Waals surface area contributed by atoms with Crippen molar-refractivity contribution in [3.05, 3.63) is 19.6 Å². The Balaban J connectivity index is 3.84. The van der Waals surface area contributed by atoms with Crippen LogP contribution in [0.2, 0.25) is 0 Å². The Morgan fingerprint density at radius 1 is 1.89 bits per heavy atom. The van der Waals surface area contributed by atoms with Gasteiger partial charge in [-0.2, -0.15) is 0 Å². The fraction of sp³-hybridized carbons (Fsp3) is 0.571. The van der Waals surface area contributed by atoms with E-state index < -0.39 is 11.0 Å². The van der Waals surface area contributed by atoms with Gasteiger partial charge in [-0.15, -0.1) is 18.2 Å². The maximum absolute atomic E-state index is 8.92. The normalized spacial score (nSPS) is 20.4. The standard InChI is InChI=1S/C7H12ClO/c1-4-5-7(3,8)6(2)9/h4,6,9H,1-2,5H2,3H3. The van der Waals surface area contributed by atoms with Crippen LogP contribution in [0.5, 0.6) is 0 Å². The molecule has 0 fully saturated rings. The summed E-state index contributed by atoms with van der Waals surface area (Å²) in [4.78, 5) is -0.651. The molecule has 1 nitrogen and oxygen atoms in total. The first-order valence-electron chi connectivity index (χ1n) is 2.81. The first kappa shape index (κ1) is 8.99. The predicted molar refractivity (Wildman–Crippen MR) is 40.4 cm³/mol. The van der Waals surface area contributed by atoms with Gasteiger partial charge in [0.05, 0.1) is 11.0 Å². The number of allylic oxidation sites excluding steroid dienone is 1. The topological polar surface area (TPSA) is 20.2 Å². The maximum atomic E-state index is 8.92. The molecule has 0 saturated carbocycles. The second kappa shape index (κ2) is 3.23. The summed E-state index contributed by atoms with van der Waals surface area (Å²) in [6, 6.07) is 0. The van der Waals surface area contributed by atoms with Crippen molar-refractivity contribution >= 4 is 11.6 Å². The van der Waals surface area contributed by atoms with E-state index in [0.29, 0.717) is 6.42 Å². The van der Waals surface area contributed by atoms with Crippen LogP contribution in [0.15, 0.2) is 12.7 Å². The zero-order chi connectivity index (χ0) is 7.49. The van der Waals surface area contributed by atoms with Crippen LogP contribution in [0.25, 0.3) is 0 Å². The molecule has 0 aliphatic rings. The monoisotopic (exact) mass is 147 g/mol. The molecule has 1 radical (unpaired) electrons. The van der Waals surface area contributed by atoms with Gasteiger partial charge >= 0.3 is 0 Å². The molecule has 0 amide bonds. The highest BCUT2D eigenvalue weighted by molar-refractivity contribution is 6.24. The molecular weight excluding hydrogens is 136 g/mol. The number of aliphatic hydroxyl groups is 1. The summed E-state index contributed by atoms with van der Waals surface area (Å²) in [5.74, 6) is 0. The third kappa shape index (κ3) is 2.87. The quantitative estimate of drug-likeness (QED) is 0.477. The lowest BCUT2D eigenvalue weighted by molar-refractivity contribution is 0.176. The number of hydrogen-bond acceptors (Lipinski definition) is 1. The number of alkyl halides is 1. The van der Waals surface area contributed by atoms with Crippen molar-refractivity contribution in [3.8, 4) is 0 Å². The zero-order valence-corrected chi connectivity index (χ0v) is 6.36. The van der Waals surface area contributed by atoms with E-state index in [-0.39, 0.29) is 0 Å². The number of rotatable bonds is 3. The van der Waals surface area contributed by atoms with Gasteiger partial charge in [-0.25, -0.2) is 0 Å². The van der Waals surface area contributed by atoms with E-state index in [1.165, 1.54) is 0 Å². The minimum Gasteiger partial charge on any atom is -0.391 e. The van der Waals surface area contributed by atoms with Gasteiger partial charge in [-0.05, 0) is 20.3 Å². The average Bonchev–Trinajstić information content (AvgIpc) is 1.65. The van der Waals surface area contributed by atoms with Crippen molar-refractivity contribution in [1.29, 1.82) is 0 Å². The van der Waals surface area contributed by atoms with Crippen molar-refractivity contribution in [2.45, 2.75) is 24.3 Å². The van der Waals surface area contributed by atoms with Crippen molar-refractivity contribution < 1.29 is 5.11 Å². The van der Waals surface area contributed by atoms with E-state index in [1.807, 2.05) is 0 Å². The lowest BCUT2D eigenvalue weighted by Crippen LogP contribution is -2.30. The van der Waals surface area contributed by atoms with Crippen LogP contribution >= 0.6 is 11.6 Å². The molecule has 2 heteroatoms. The summed E-state index contributed by atoms with van der Waals surface area (Å²) < 4.78 is 0. The van der Waals surface area contributed by atoms with E-state index in [1.54, 1.807) is 13.0 Å². The summed E-state index contributed by atoms with van der Waals surface area (Å²) in [6.45, 7) is 8.64. The van der Waals surface area contributed by atoms with Crippen LogP contribution in [-0.2, 0) is 0 Å². The Kier molecular flexibility index (Phi) is 3.23. The minimum atomic E-state index is -0.739. The van der Waals surface area contributed by atoms with Crippen molar-refractivity contribution in [3.63, 3.8) is 0 Å². The molecular formula is C7H12ClO. The van der Waals surface area contributed by atoms with Gasteiger partial charge in [-0.1, -0.05) is 6.08 Å². The SMILES string of the molecule is [CH2]C(O)C(C)(Cl)CC=C. The lowest BCUT2D eigenvalue weighted by Gasteiger charge is -2.22. The third-order valence-electron chi connectivity index (χ3n) is 1.24. The van der Waals surface area contributed by atoms with E-state index in [9.17, 15) is 0 Å². The fourth-order valence-corrected chi connectivity index (χ4v) is 0.527. The molecule has 0 aliphatic carbocycles. The zero-order valence-electron chi connectivity index (χ0n) is 5.60. The van der Waals surface area contributed by atoms with Crippen molar-refractivity contribution in [1.82, 2.24) is 0 Å². The van der Waals surface area contributed by atoms with Crippen LogP contribution in [0.3, 0.4) is 0 Å². The molecule has 0 rings (SSSR count). The van der Waals surface area contributed by atoms with Gasteiger partial charge < -0.3 is 5.11 Å². The highest BCUT2D eigenvalue weighted by Gasteiger charge is 2.24. The van der Waals surface area contributed by atoms with Crippen LogP contribution in [0, 0.1) is 6.92 Å². The Labute approximate surface area is 61.3 Å². The Bertz CT molecular complexity index is 97.1. The summed E-state index contributed by atoms with van der Waals surface area (Å²) in [5.41, 5.74) is 0. The molecule has 1 N–H and O–H groups in total. The number of hydrogen-bond donors (Lipinski definition) is 1. The molecule has 2 atom stereocenters. The van der Waals surface area contributed by atoms with Gasteiger partial charge in [0.25, 0.3) is 0 Å². The second-order valence-corrected chi connectivity index (χ2v) is 3.15. The van der Waals surface area contributed by atoms with E-state index in [0.717, 1.165) is 0 Å². The molecule has 2 unspecified atom stereocenters. The van der Waals surface area contributed by atoms with E-state index in [2.05, 4.69) is 13.5 Å². The summed E-state index contributed by atoms with van der Waals surface area (Å²) in [5, 5.41) is 8.92. The smallest absolute Gasteiger partial charge is 0.0733 e. The Morgan fingerprint density at radius 2 is 2.33 bits per heavy atom. The number of aliphatic hydroxyl groups excluding tert-OH is 1. The number of halogens is 1. The van der Waals surface area contributed by atoms with Crippen molar-refractivity contribution in [2.75, 3.05) is 0 Å². The van der Waals surface area contributed by atoms with Gasteiger partial charge in [0.2, 0.25) is 0 Å². The van der Waals surface area contributed by atoms with Gasteiger partial charge in [0.1, 0.15) is 0 Å². The Hall–Kier alpha value is -0.0100. The summed E-state index contributed by atoms with van der Waals surface area (Å²) in [6.07, 6.45) is 1.50. The van der Waals surface area contributed by atoms with Crippen molar-refractivity contribution in [2.24, 2.45) is 0 Å².